The first kappa shape index (κ1) is 20.2. The minimum atomic E-state index is -0.234. The van der Waals surface area contributed by atoms with Crippen molar-refractivity contribution in [1.82, 2.24) is 14.9 Å². The van der Waals surface area contributed by atoms with Gasteiger partial charge >= 0.3 is 0 Å². The maximum absolute atomic E-state index is 12.5. The summed E-state index contributed by atoms with van der Waals surface area (Å²) in [6, 6.07) is 17.0. The number of rotatable bonds is 7. The van der Waals surface area contributed by atoms with Gasteiger partial charge in [0.15, 0.2) is 0 Å². The molecule has 1 atom stereocenters. The Balaban J connectivity index is 1.19. The smallest absolute Gasteiger partial charge is 0.261 e. The highest BCUT2D eigenvalue weighted by Gasteiger charge is 2.34. The van der Waals surface area contributed by atoms with Gasteiger partial charge in [-0.05, 0) is 49.6 Å². The van der Waals surface area contributed by atoms with Gasteiger partial charge in [0.2, 0.25) is 5.88 Å². The van der Waals surface area contributed by atoms with Crippen LogP contribution in [0.3, 0.4) is 0 Å². The van der Waals surface area contributed by atoms with E-state index in [2.05, 4.69) is 16.0 Å². The molecule has 1 unspecified atom stereocenters. The first-order chi connectivity index (χ1) is 15.7. The third-order valence-corrected chi connectivity index (χ3v) is 5.97. The zero-order valence-corrected chi connectivity index (χ0v) is 17.7. The molecule has 1 fully saturated rings. The molecule has 0 radical (unpaired) electrons. The molecule has 0 N–H and O–H groups in total. The third-order valence-electron chi connectivity index (χ3n) is 5.97. The van der Waals surface area contributed by atoms with E-state index >= 15 is 0 Å². The lowest BCUT2D eigenvalue weighted by Crippen LogP contribution is -2.31. The van der Waals surface area contributed by atoms with Crippen molar-refractivity contribution in [2.75, 3.05) is 24.6 Å². The summed E-state index contributed by atoms with van der Waals surface area (Å²) < 4.78 is 5.86. The van der Waals surface area contributed by atoms with E-state index < -0.39 is 0 Å². The summed E-state index contributed by atoms with van der Waals surface area (Å²) >= 11 is 0. The number of nitrogens with zero attached hydrogens (tertiary/aromatic N) is 4. The zero-order chi connectivity index (χ0) is 21.9. The Morgan fingerprint density at radius 3 is 2.53 bits per heavy atom. The van der Waals surface area contributed by atoms with E-state index in [1.807, 2.05) is 30.5 Å². The molecule has 0 spiro atoms. The molecule has 2 amide bonds. The molecule has 3 aromatic rings. The normalized spacial score (nSPS) is 17.7. The van der Waals surface area contributed by atoms with Crippen LogP contribution in [-0.2, 0) is 0 Å². The summed E-state index contributed by atoms with van der Waals surface area (Å²) in [4.78, 5) is 37.5. The van der Waals surface area contributed by atoms with Crippen LogP contribution in [0.4, 0.5) is 5.69 Å². The van der Waals surface area contributed by atoms with Crippen molar-refractivity contribution in [2.45, 2.75) is 25.3 Å². The minimum absolute atomic E-state index is 0.195. The molecule has 0 saturated carbocycles. The highest BCUT2D eigenvalue weighted by atomic mass is 16.5. The monoisotopic (exact) mass is 428 g/mol. The van der Waals surface area contributed by atoms with Gasteiger partial charge < -0.3 is 9.64 Å². The summed E-state index contributed by atoms with van der Waals surface area (Å²) in [6.45, 7) is 1.67. The van der Waals surface area contributed by atoms with Crippen molar-refractivity contribution in [3.05, 3.63) is 83.8 Å². The molecule has 0 bridgehead atoms. The Hall–Kier alpha value is -3.74. The average Bonchev–Trinajstić information content (AvgIpc) is 3.42. The molecule has 7 nitrogen and oxygen atoms in total. The first-order valence-corrected chi connectivity index (χ1v) is 10.9. The Morgan fingerprint density at radius 1 is 0.969 bits per heavy atom. The molecule has 1 saturated heterocycles. The van der Waals surface area contributed by atoms with Gasteiger partial charge in [0.05, 0.1) is 41.4 Å². The van der Waals surface area contributed by atoms with E-state index in [4.69, 9.17) is 9.72 Å². The molecule has 162 valence electrons. The van der Waals surface area contributed by atoms with Crippen molar-refractivity contribution >= 4 is 17.5 Å². The zero-order valence-electron chi connectivity index (χ0n) is 17.7. The van der Waals surface area contributed by atoms with Crippen molar-refractivity contribution in [2.24, 2.45) is 0 Å². The molecule has 4 heterocycles. The standard InChI is InChI=1S/C25H24N4O3/c30-24-19-8-1-2-9-20(19)25(31)29(24)15-6-16-32-23-12-3-10-21(27-23)22-11-5-14-28(22)18-7-4-13-26-17-18/h1-4,7-10,12-13,17,22H,5-6,11,14-16H2. The highest BCUT2D eigenvalue weighted by Crippen LogP contribution is 2.35. The van der Waals surface area contributed by atoms with E-state index in [-0.39, 0.29) is 17.9 Å². The van der Waals surface area contributed by atoms with Crippen molar-refractivity contribution in [3.63, 3.8) is 0 Å². The van der Waals surface area contributed by atoms with Crippen LogP contribution in [-0.4, -0.2) is 46.4 Å². The number of hydrogen-bond donors (Lipinski definition) is 0. The first-order valence-electron chi connectivity index (χ1n) is 10.9. The Labute approximate surface area is 186 Å². The Morgan fingerprint density at radius 2 is 1.78 bits per heavy atom. The second-order valence-corrected chi connectivity index (χ2v) is 7.97. The molecule has 7 heteroatoms. The molecule has 5 rings (SSSR count). The number of imide groups is 1. The van der Waals surface area contributed by atoms with Gasteiger partial charge in [-0.15, -0.1) is 0 Å². The Bertz CT molecular complexity index is 1100. The van der Waals surface area contributed by atoms with Gasteiger partial charge in [0, 0.05) is 25.4 Å². The van der Waals surface area contributed by atoms with Crippen LogP contribution in [0.2, 0.25) is 0 Å². The molecule has 2 aliphatic heterocycles. The fourth-order valence-electron chi connectivity index (χ4n) is 4.45. The second kappa shape index (κ2) is 8.78. The third kappa shape index (κ3) is 3.82. The van der Waals surface area contributed by atoms with Gasteiger partial charge in [-0.3, -0.25) is 19.5 Å². The fraction of sp³-hybridized carbons (Fsp3) is 0.280. The number of ether oxygens (including phenoxy) is 1. The Kier molecular flexibility index (Phi) is 5.54. The lowest BCUT2D eigenvalue weighted by molar-refractivity contribution is 0.0646. The number of fused-ring (bicyclic) bond motifs is 1. The van der Waals surface area contributed by atoms with Crippen LogP contribution in [0, 0.1) is 0 Å². The molecule has 2 aromatic heterocycles. The summed E-state index contributed by atoms with van der Waals surface area (Å²) in [6.07, 6.45) is 6.35. The average molecular weight is 428 g/mol. The van der Waals surface area contributed by atoms with Crippen LogP contribution < -0.4 is 9.64 Å². The van der Waals surface area contributed by atoms with Crippen molar-refractivity contribution in [3.8, 4) is 5.88 Å². The van der Waals surface area contributed by atoms with Gasteiger partial charge in [0.25, 0.3) is 11.8 Å². The predicted molar refractivity (Wildman–Crippen MR) is 120 cm³/mol. The molecule has 32 heavy (non-hydrogen) atoms. The summed E-state index contributed by atoms with van der Waals surface area (Å²) in [5.74, 6) is 0.0906. The van der Waals surface area contributed by atoms with Gasteiger partial charge in [-0.2, -0.15) is 0 Å². The molecule has 2 aliphatic rings. The number of aromatic nitrogens is 2. The van der Waals surface area contributed by atoms with E-state index in [0.29, 0.717) is 36.6 Å². The van der Waals surface area contributed by atoms with Crippen LogP contribution in [0.1, 0.15) is 51.7 Å². The quantitative estimate of drug-likeness (QED) is 0.420. The second-order valence-electron chi connectivity index (χ2n) is 7.97. The highest BCUT2D eigenvalue weighted by molar-refractivity contribution is 6.21. The maximum atomic E-state index is 12.5. The number of amides is 2. The van der Waals surface area contributed by atoms with E-state index in [0.717, 1.165) is 30.8 Å². The van der Waals surface area contributed by atoms with Crippen molar-refractivity contribution < 1.29 is 14.3 Å². The van der Waals surface area contributed by atoms with E-state index in [1.54, 1.807) is 30.5 Å². The van der Waals surface area contributed by atoms with E-state index in [1.165, 1.54) is 4.90 Å². The summed E-state index contributed by atoms with van der Waals surface area (Å²) in [7, 11) is 0. The summed E-state index contributed by atoms with van der Waals surface area (Å²) in [5.41, 5.74) is 3.03. The number of anilines is 1. The van der Waals surface area contributed by atoms with Gasteiger partial charge in [-0.1, -0.05) is 18.2 Å². The number of benzene rings is 1. The molecule has 0 aliphatic carbocycles. The molecular weight excluding hydrogens is 404 g/mol. The molecule has 1 aromatic carbocycles. The van der Waals surface area contributed by atoms with Crippen LogP contribution in [0.5, 0.6) is 5.88 Å². The number of carbonyl (C=O) groups is 2. The fourth-order valence-corrected chi connectivity index (χ4v) is 4.45. The largest absolute Gasteiger partial charge is 0.478 e. The number of hydrogen-bond acceptors (Lipinski definition) is 6. The lowest BCUT2D eigenvalue weighted by atomic mass is 10.1. The van der Waals surface area contributed by atoms with Crippen LogP contribution >= 0.6 is 0 Å². The molecular formula is C25H24N4O3. The maximum Gasteiger partial charge on any atom is 0.261 e. The minimum Gasteiger partial charge on any atom is -0.478 e. The van der Waals surface area contributed by atoms with Crippen LogP contribution in [0.25, 0.3) is 0 Å². The topological polar surface area (TPSA) is 75.6 Å². The number of carbonyl (C=O) groups excluding carboxylic acids is 2. The predicted octanol–water partition coefficient (Wildman–Crippen LogP) is 3.88. The van der Waals surface area contributed by atoms with Crippen molar-refractivity contribution in [1.29, 1.82) is 0 Å². The lowest BCUT2D eigenvalue weighted by Gasteiger charge is -2.26. The van der Waals surface area contributed by atoms with E-state index in [9.17, 15) is 9.59 Å². The van der Waals surface area contributed by atoms with Gasteiger partial charge in [-0.25, -0.2) is 4.98 Å². The van der Waals surface area contributed by atoms with Gasteiger partial charge in [0.1, 0.15) is 0 Å². The summed E-state index contributed by atoms with van der Waals surface area (Å²) in [5, 5.41) is 0. The van der Waals surface area contributed by atoms with Crippen LogP contribution in [0.15, 0.2) is 67.0 Å². The SMILES string of the molecule is O=C1c2ccccc2C(=O)N1CCCOc1cccc(C2CCCN2c2cccnc2)n1. The number of pyridine rings is 2.